The molecule has 204 valence electrons. The first kappa shape index (κ1) is 28.8. The fraction of sp³-hybridized carbons (Fsp3) is 0.310. The zero-order chi connectivity index (χ0) is 28.4. The molecule has 0 amide bonds. The smallest absolute Gasteiger partial charge is 0.338 e. The number of allylic oxidation sites excluding steroid dienone is 1. The van der Waals surface area contributed by atoms with E-state index in [0.717, 1.165) is 11.1 Å². The zero-order valence-corrected chi connectivity index (χ0v) is 25.5. The van der Waals surface area contributed by atoms with E-state index in [1.54, 1.807) is 36.6 Å². The standard InChI is InChI=1S/C29H29IN2O6S/c1-7-37-28(35)24-16(4)31-29-32(25(24)20-10-8-19(9-11-20)15(2)3)27(34)23(39-29)14-18-12-21(30)26(38-17(5)33)22(13-18)36-6/h8-15,25H,7H2,1-6H3/b23-14-. The molecule has 4 rings (SSSR count). The number of esters is 2. The molecule has 0 saturated heterocycles. The van der Waals surface area contributed by atoms with Gasteiger partial charge in [0.05, 0.1) is 39.1 Å². The highest BCUT2D eigenvalue weighted by molar-refractivity contribution is 14.1. The van der Waals surface area contributed by atoms with Crippen LogP contribution in [0.1, 0.15) is 63.3 Å². The van der Waals surface area contributed by atoms with Gasteiger partial charge in [0.2, 0.25) is 0 Å². The SMILES string of the molecule is CCOC(=O)C1=C(C)N=c2s/c(=C\c3cc(I)c(OC(C)=O)c(OC)c3)c(=O)n2C1c1ccc(C(C)C)cc1. The Kier molecular flexibility index (Phi) is 8.75. The lowest BCUT2D eigenvalue weighted by Gasteiger charge is -2.25. The average molecular weight is 661 g/mol. The summed E-state index contributed by atoms with van der Waals surface area (Å²) in [5.41, 5.74) is 3.23. The minimum absolute atomic E-state index is 0.211. The van der Waals surface area contributed by atoms with E-state index in [4.69, 9.17) is 14.2 Å². The van der Waals surface area contributed by atoms with Crippen molar-refractivity contribution in [1.82, 2.24) is 4.57 Å². The molecule has 1 atom stereocenters. The van der Waals surface area contributed by atoms with E-state index < -0.39 is 18.0 Å². The van der Waals surface area contributed by atoms with Crippen molar-refractivity contribution in [3.8, 4) is 11.5 Å². The normalized spacial score (nSPS) is 15.2. The second-order valence-electron chi connectivity index (χ2n) is 9.25. The molecule has 0 spiro atoms. The van der Waals surface area contributed by atoms with Crippen LogP contribution in [0.2, 0.25) is 0 Å². The van der Waals surface area contributed by atoms with E-state index >= 15 is 0 Å². The Morgan fingerprint density at radius 3 is 2.49 bits per heavy atom. The molecule has 1 aliphatic heterocycles. The largest absolute Gasteiger partial charge is 0.493 e. The van der Waals surface area contributed by atoms with Crippen LogP contribution in [0, 0.1) is 3.57 Å². The van der Waals surface area contributed by atoms with Crippen molar-refractivity contribution in [3.05, 3.63) is 87.6 Å². The molecule has 0 bridgehead atoms. The monoisotopic (exact) mass is 660 g/mol. The number of hydrogen-bond acceptors (Lipinski definition) is 8. The van der Waals surface area contributed by atoms with Crippen molar-refractivity contribution in [2.24, 2.45) is 4.99 Å². The lowest BCUT2D eigenvalue weighted by Crippen LogP contribution is -2.39. The third kappa shape index (κ3) is 5.86. The highest BCUT2D eigenvalue weighted by Crippen LogP contribution is 2.35. The van der Waals surface area contributed by atoms with Crippen LogP contribution in [0.15, 0.2) is 57.5 Å². The Bertz CT molecular complexity index is 1650. The third-order valence-corrected chi connectivity index (χ3v) is 8.02. The summed E-state index contributed by atoms with van der Waals surface area (Å²) >= 11 is 3.30. The summed E-state index contributed by atoms with van der Waals surface area (Å²) in [4.78, 5) is 43.6. The number of carbonyl (C=O) groups is 2. The van der Waals surface area contributed by atoms with Crippen LogP contribution < -0.4 is 24.4 Å². The summed E-state index contributed by atoms with van der Waals surface area (Å²) in [5.74, 6) is 0.0890. The minimum Gasteiger partial charge on any atom is -0.493 e. The van der Waals surface area contributed by atoms with Crippen molar-refractivity contribution in [1.29, 1.82) is 0 Å². The molecule has 39 heavy (non-hydrogen) atoms. The van der Waals surface area contributed by atoms with E-state index in [9.17, 15) is 14.4 Å². The average Bonchev–Trinajstić information content (AvgIpc) is 3.18. The van der Waals surface area contributed by atoms with Crippen LogP contribution in [-0.2, 0) is 14.3 Å². The quantitative estimate of drug-likeness (QED) is 0.211. The molecule has 0 fully saturated rings. The number of benzene rings is 2. The van der Waals surface area contributed by atoms with Gasteiger partial charge in [-0.3, -0.25) is 14.2 Å². The maximum absolute atomic E-state index is 13.9. The molecule has 3 aromatic rings. The second-order valence-corrected chi connectivity index (χ2v) is 11.4. The van der Waals surface area contributed by atoms with E-state index in [-0.39, 0.29) is 12.2 Å². The Morgan fingerprint density at radius 2 is 1.90 bits per heavy atom. The minimum atomic E-state index is -0.676. The van der Waals surface area contributed by atoms with Crippen LogP contribution in [0.3, 0.4) is 0 Å². The Morgan fingerprint density at radius 1 is 1.21 bits per heavy atom. The molecule has 1 aliphatic rings. The van der Waals surface area contributed by atoms with Gasteiger partial charge < -0.3 is 14.2 Å². The Balaban J connectivity index is 1.91. The number of carbonyl (C=O) groups excluding carboxylic acids is 2. The predicted octanol–water partition coefficient (Wildman–Crippen LogP) is 4.46. The van der Waals surface area contributed by atoms with Crippen molar-refractivity contribution in [2.75, 3.05) is 13.7 Å². The first-order valence-electron chi connectivity index (χ1n) is 12.4. The molecule has 10 heteroatoms. The molecule has 0 saturated carbocycles. The summed E-state index contributed by atoms with van der Waals surface area (Å²) in [7, 11) is 1.49. The summed E-state index contributed by atoms with van der Waals surface area (Å²) in [6.45, 7) is 9.27. The lowest BCUT2D eigenvalue weighted by atomic mass is 9.93. The molecule has 0 radical (unpaired) electrons. The van der Waals surface area contributed by atoms with Crippen LogP contribution in [0.4, 0.5) is 0 Å². The van der Waals surface area contributed by atoms with Gasteiger partial charge in [-0.15, -0.1) is 0 Å². The van der Waals surface area contributed by atoms with Crippen molar-refractivity contribution < 1.29 is 23.8 Å². The molecule has 0 N–H and O–H groups in total. The van der Waals surface area contributed by atoms with Gasteiger partial charge in [-0.1, -0.05) is 49.4 Å². The maximum Gasteiger partial charge on any atom is 0.338 e. The van der Waals surface area contributed by atoms with Gasteiger partial charge in [0.15, 0.2) is 16.3 Å². The van der Waals surface area contributed by atoms with Gasteiger partial charge in [-0.25, -0.2) is 9.79 Å². The van der Waals surface area contributed by atoms with Gasteiger partial charge in [-0.05, 0) is 77.3 Å². The number of aromatic nitrogens is 1. The van der Waals surface area contributed by atoms with Crippen LogP contribution in [-0.4, -0.2) is 30.2 Å². The van der Waals surface area contributed by atoms with E-state index in [1.165, 1.54) is 25.4 Å². The summed E-state index contributed by atoms with van der Waals surface area (Å²) in [6.07, 6.45) is 1.74. The number of halogens is 1. The number of thiazole rings is 1. The third-order valence-electron chi connectivity index (χ3n) is 6.23. The number of ether oxygens (including phenoxy) is 3. The molecule has 8 nitrogen and oxygen atoms in total. The van der Waals surface area contributed by atoms with Crippen LogP contribution >= 0.6 is 33.9 Å². The lowest BCUT2D eigenvalue weighted by molar-refractivity contribution is -0.139. The first-order valence-corrected chi connectivity index (χ1v) is 14.3. The summed E-state index contributed by atoms with van der Waals surface area (Å²) < 4.78 is 18.8. The van der Waals surface area contributed by atoms with Crippen molar-refractivity contribution >= 4 is 51.9 Å². The maximum atomic E-state index is 13.9. The van der Waals surface area contributed by atoms with E-state index in [1.807, 2.05) is 24.3 Å². The summed E-state index contributed by atoms with van der Waals surface area (Å²) in [5, 5.41) is 0. The fourth-order valence-corrected chi connectivity index (χ4v) is 6.17. The molecule has 1 unspecified atom stereocenters. The predicted molar refractivity (Wildman–Crippen MR) is 158 cm³/mol. The van der Waals surface area contributed by atoms with Gasteiger partial charge in [0, 0.05) is 6.92 Å². The molecule has 2 heterocycles. The number of methoxy groups -OCH3 is 1. The molecular formula is C29H29IN2O6S. The van der Waals surface area contributed by atoms with Crippen molar-refractivity contribution in [3.63, 3.8) is 0 Å². The molecule has 2 aromatic carbocycles. The first-order chi connectivity index (χ1) is 18.5. The topological polar surface area (TPSA) is 96.2 Å². The highest BCUT2D eigenvalue weighted by atomic mass is 127. The Hall–Kier alpha value is -3.25. The molecule has 0 aliphatic carbocycles. The van der Waals surface area contributed by atoms with Gasteiger partial charge in [0.1, 0.15) is 0 Å². The molecule has 1 aromatic heterocycles. The second kappa shape index (κ2) is 11.9. The number of rotatable bonds is 7. The van der Waals surface area contributed by atoms with Gasteiger partial charge >= 0.3 is 11.9 Å². The summed E-state index contributed by atoms with van der Waals surface area (Å²) in [6, 6.07) is 10.8. The molecular weight excluding hydrogens is 631 g/mol. The van der Waals surface area contributed by atoms with Gasteiger partial charge in [0.25, 0.3) is 5.56 Å². The zero-order valence-electron chi connectivity index (χ0n) is 22.5. The highest BCUT2D eigenvalue weighted by Gasteiger charge is 2.33. The Labute approximate surface area is 243 Å². The van der Waals surface area contributed by atoms with E-state index in [2.05, 4.69) is 41.4 Å². The van der Waals surface area contributed by atoms with Crippen molar-refractivity contribution in [2.45, 2.75) is 46.6 Å². The van der Waals surface area contributed by atoms with E-state index in [0.29, 0.717) is 47.2 Å². The van der Waals surface area contributed by atoms with Gasteiger partial charge in [-0.2, -0.15) is 0 Å². The number of hydrogen-bond donors (Lipinski definition) is 0. The van der Waals surface area contributed by atoms with Crippen LogP contribution in [0.5, 0.6) is 11.5 Å². The number of nitrogens with zero attached hydrogens (tertiary/aromatic N) is 2. The number of fused-ring (bicyclic) bond motifs is 1. The fourth-order valence-electron chi connectivity index (χ4n) is 4.39. The van der Waals surface area contributed by atoms with Crippen LogP contribution in [0.25, 0.3) is 6.08 Å².